The molecule has 4 aromatic rings. The quantitative estimate of drug-likeness (QED) is 0.380. The van der Waals surface area contributed by atoms with E-state index in [1.54, 1.807) is 18.2 Å². The smallest absolute Gasteiger partial charge is 0.296 e. The third-order valence-electron chi connectivity index (χ3n) is 4.34. The minimum absolute atomic E-state index is 0.0963. The zero-order valence-electron chi connectivity index (χ0n) is 14.9. The monoisotopic (exact) mass is 412 g/mol. The lowest BCUT2D eigenvalue weighted by Gasteiger charge is -2.05. The number of hydrogen-bond donors (Lipinski definition) is 2. The van der Waals surface area contributed by atoms with Gasteiger partial charge < -0.3 is 10.1 Å². The molecular weight excluding hydrogens is 399 g/mol. The summed E-state index contributed by atoms with van der Waals surface area (Å²) in [6.45, 7) is 3.75. The van der Waals surface area contributed by atoms with Crippen LogP contribution in [0.4, 0.5) is 5.69 Å². The van der Waals surface area contributed by atoms with Crippen LogP contribution in [0.15, 0.2) is 46.6 Å². The molecule has 0 unspecified atom stereocenters. The molecule has 0 atom stereocenters. The van der Waals surface area contributed by atoms with Crippen molar-refractivity contribution in [2.45, 2.75) is 13.8 Å². The van der Waals surface area contributed by atoms with E-state index in [0.717, 1.165) is 5.56 Å². The molecule has 0 aliphatic carbocycles. The molecule has 2 N–H and O–H groups in total. The molecule has 0 aliphatic heterocycles. The number of aryl methyl sites for hydroxylation is 2. The number of pyridine rings is 1. The van der Waals surface area contributed by atoms with Crippen LogP contribution in [0, 0.1) is 13.8 Å². The second-order valence-corrected chi connectivity index (χ2v) is 7.31. The Kier molecular flexibility index (Phi) is 4.53. The number of aromatic nitrogens is 2. The number of nitrogens with one attached hydrogen (secondary N) is 1. The van der Waals surface area contributed by atoms with Crippen LogP contribution in [0.25, 0.3) is 21.8 Å². The fourth-order valence-corrected chi connectivity index (χ4v) is 3.63. The van der Waals surface area contributed by atoms with E-state index in [0.29, 0.717) is 43.1 Å². The van der Waals surface area contributed by atoms with Crippen LogP contribution in [-0.4, -0.2) is 21.0 Å². The number of aromatic amines is 1. The Labute approximate surface area is 169 Å². The van der Waals surface area contributed by atoms with Crippen molar-refractivity contribution in [3.63, 3.8) is 0 Å². The number of H-pyrrole nitrogens is 1. The molecule has 0 radical (unpaired) electrons. The lowest BCUT2D eigenvalue weighted by molar-refractivity contribution is 0.0996. The number of fused-ring (bicyclic) bond motifs is 2. The Morgan fingerprint density at radius 1 is 1.11 bits per heavy atom. The number of azo groups is 1. The summed E-state index contributed by atoms with van der Waals surface area (Å²) in [7, 11) is 0. The van der Waals surface area contributed by atoms with Gasteiger partial charge in [-0.05, 0) is 44.2 Å². The number of rotatable bonds is 2. The highest BCUT2D eigenvalue weighted by atomic mass is 35.5. The molecule has 1 amide bonds. The highest BCUT2D eigenvalue weighted by molar-refractivity contribution is 6.38. The van der Waals surface area contributed by atoms with E-state index in [9.17, 15) is 9.90 Å². The highest BCUT2D eigenvalue weighted by Gasteiger charge is 2.16. The molecule has 28 heavy (non-hydrogen) atoms. The van der Waals surface area contributed by atoms with Crippen molar-refractivity contribution in [3.05, 3.63) is 63.3 Å². The van der Waals surface area contributed by atoms with Crippen molar-refractivity contribution >= 4 is 56.6 Å². The molecule has 0 saturated heterocycles. The molecule has 2 aromatic heterocycles. The van der Waals surface area contributed by atoms with E-state index >= 15 is 0 Å². The molecule has 0 aliphatic rings. The predicted molar refractivity (Wildman–Crippen MR) is 110 cm³/mol. The molecule has 140 valence electrons. The third kappa shape index (κ3) is 3.21. The summed E-state index contributed by atoms with van der Waals surface area (Å²) in [5.41, 5.74) is 3.36. The van der Waals surface area contributed by atoms with Crippen LogP contribution in [-0.2, 0) is 0 Å². The fraction of sp³-hybridized carbons (Fsp3) is 0.100. The standard InChI is InChI=1S/C20H14Cl2N4O2/c1-9-3-4-16-12(5-9)13(6-10(2)23-16)19(27)26-25-18-14-7-11(21)8-15(22)17(14)24-20(18)28/h3-8,24,28H,1-2H3. The summed E-state index contributed by atoms with van der Waals surface area (Å²) < 4.78 is 0. The molecule has 6 nitrogen and oxygen atoms in total. The maximum atomic E-state index is 12.8. The Balaban J connectivity index is 1.81. The minimum atomic E-state index is -0.539. The molecule has 8 heteroatoms. The lowest BCUT2D eigenvalue weighted by atomic mass is 10.1. The van der Waals surface area contributed by atoms with Gasteiger partial charge in [-0.3, -0.25) is 9.78 Å². The molecule has 0 bridgehead atoms. The van der Waals surface area contributed by atoms with E-state index in [1.165, 1.54) is 0 Å². The SMILES string of the molecule is Cc1ccc2nc(C)cc(C(=O)N=Nc3c(O)[nH]c4c(Cl)cc(Cl)cc34)c2c1. The first-order valence-corrected chi connectivity index (χ1v) is 9.13. The van der Waals surface area contributed by atoms with Crippen molar-refractivity contribution in [3.8, 4) is 5.88 Å². The van der Waals surface area contributed by atoms with Crippen molar-refractivity contribution in [1.29, 1.82) is 0 Å². The van der Waals surface area contributed by atoms with Crippen molar-refractivity contribution in [1.82, 2.24) is 9.97 Å². The van der Waals surface area contributed by atoms with Crippen molar-refractivity contribution in [2.24, 2.45) is 10.2 Å². The van der Waals surface area contributed by atoms with Gasteiger partial charge in [0.15, 0.2) is 5.69 Å². The molecule has 4 rings (SSSR count). The summed E-state index contributed by atoms with van der Waals surface area (Å²) >= 11 is 12.2. The van der Waals surface area contributed by atoms with E-state index in [-0.39, 0.29) is 11.6 Å². The Bertz CT molecular complexity index is 1290. The van der Waals surface area contributed by atoms with Crippen molar-refractivity contribution in [2.75, 3.05) is 0 Å². The molecule has 0 saturated carbocycles. The van der Waals surface area contributed by atoms with Crippen LogP contribution in [0.3, 0.4) is 0 Å². The van der Waals surface area contributed by atoms with Gasteiger partial charge in [0.2, 0.25) is 5.88 Å². The third-order valence-corrected chi connectivity index (χ3v) is 4.86. The van der Waals surface area contributed by atoms with Crippen LogP contribution < -0.4 is 0 Å². The maximum absolute atomic E-state index is 12.8. The van der Waals surface area contributed by atoms with E-state index in [4.69, 9.17) is 23.2 Å². The maximum Gasteiger partial charge on any atom is 0.296 e. The normalized spacial score (nSPS) is 11.7. The summed E-state index contributed by atoms with van der Waals surface area (Å²) in [5, 5.41) is 19.8. The Hall–Kier alpha value is -2.96. The molecule has 2 aromatic carbocycles. The highest BCUT2D eigenvalue weighted by Crippen LogP contribution is 2.40. The Morgan fingerprint density at radius 3 is 2.68 bits per heavy atom. The summed E-state index contributed by atoms with van der Waals surface area (Å²) in [4.78, 5) is 19.9. The molecule has 0 fully saturated rings. The van der Waals surface area contributed by atoms with E-state index < -0.39 is 5.91 Å². The summed E-state index contributed by atoms with van der Waals surface area (Å²) in [6, 6.07) is 10.5. The second-order valence-electron chi connectivity index (χ2n) is 6.47. The first-order chi connectivity index (χ1) is 13.3. The van der Waals surface area contributed by atoms with Gasteiger partial charge in [-0.2, -0.15) is 0 Å². The van der Waals surface area contributed by atoms with Crippen molar-refractivity contribution < 1.29 is 9.90 Å². The average Bonchev–Trinajstić information content (AvgIpc) is 2.95. The van der Waals surface area contributed by atoms with E-state index in [2.05, 4.69) is 20.2 Å². The van der Waals surface area contributed by atoms with Gasteiger partial charge in [0.1, 0.15) is 0 Å². The molecule has 0 spiro atoms. The second kappa shape index (κ2) is 6.89. The van der Waals surface area contributed by atoms with Gasteiger partial charge in [0.25, 0.3) is 5.91 Å². The number of nitrogens with zero attached hydrogens (tertiary/aromatic N) is 3. The summed E-state index contributed by atoms with van der Waals surface area (Å²) in [5.74, 6) is -0.787. The Morgan fingerprint density at radius 2 is 1.89 bits per heavy atom. The average molecular weight is 413 g/mol. The number of carbonyl (C=O) groups is 1. The molecule has 2 heterocycles. The first kappa shape index (κ1) is 18.4. The van der Waals surface area contributed by atoms with Crippen LogP contribution >= 0.6 is 23.2 Å². The predicted octanol–water partition coefficient (Wildman–Crippen LogP) is 6.27. The number of halogens is 2. The van der Waals surface area contributed by atoms with Gasteiger partial charge in [0.05, 0.1) is 21.6 Å². The lowest BCUT2D eigenvalue weighted by Crippen LogP contribution is -1.99. The van der Waals surface area contributed by atoms with E-state index in [1.807, 2.05) is 32.0 Å². The topological polar surface area (TPSA) is 90.7 Å². The minimum Gasteiger partial charge on any atom is -0.493 e. The fourth-order valence-electron chi connectivity index (χ4n) is 3.09. The summed E-state index contributed by atoms with van der Waals surface area (Å²) in [6.07, 6.45) is 0. The van der Waals surface area contributed by atoms with Gasteiger partial charge in [-0.15, -0.1) is 10.2 Å². The number of amides is 1. The number of hydrogen-bond acceptors (Lipinski definition) is 4. The van der Waals surface area contributed by atoms with Crippen LogP contribution in [0.1, 0.15) is 21.6 Å². The largest absolute Gasteiger partial charge is 0.493 e. The molecular formula is C20H14Cl2N4O2. The number of aromatic hydroxyl groups is 1. The first-order valence-electron chi connectivity index (χ1n) is 8.37. The van der Waals surface area contributed by atoms with Gasteiger partial charge >= 0.3 is 0 Å². The van der Waals surface area contributed by atoms with Gasteiger partial charge in [-0.1, -0.05) is 34.8 Å². The van der Waals surface area contributed by atoms with Crippen LogP contribution in [0.2, 0.25) is 10.0 Å². The van der Waals surface area contributed by atoms with Gasteiger partial charge in [0, 0.05) is 21.5 Å². The number of carbonyl (C=O) groups excluding carboxylic acids is 1. The zero-order chi connectivity index (χ0) is 20.0. The number of benzene rings is 2. The van der Waals surface area contributed by atoms with Crippen LogP contribution in [0.5, 0.6) is 5.88 Å². The zero-order valence-corrected chi connectivity index (χ0v) is 16.4. The van der Waals surface area contributed by atoms with Gasteiger partial charge in [-0.25, -0.2) is 0 Å².